The molecule has 0 fully saturated rings. The molecule has 2 aromatic heterocycles. The van der Waals surface area contributed by atoms with Crippen molar-refractivity contribution in [1.82, 2.24) is 14.5 Å². The number of hydrogen-bond donors (Lipinski definition) is 0. The van der Waals surface area contributed by atoms with Gasteiger partial charge in [-0.2, -0.15) is 0 Å². The molecule has 4 rings (SSSR count). The minimum atomic E-state index is -0.0236. The van der Waals surface area contributed by atoms with Crippen molar-refractivity contribution in [3.05, 3.63) is 76.4 Å². The zero-order valence-corrected chi connectivity index (χ0v) is 19.4. The van der Waals surface area contributed by atoms with Crippen LogP contribution in [0.1, 0.15) is 31.7 Å². The third-order valence-electron chi connectivity index (χ3n) is 5.06. The summed E-state index contributed by atoms with van der Waals surface area (Å²) in [6.45, 7) is 7.09. The van der Waals surface area contributed by atoms with Gasteiger partial charge < -0.3 is 9.15 Å². The van der Waals surface area contributed by atoms with Gasteiger partial charge in [-0.1, -0.05) is 42.1 Å². The molecule has 32 heavy (non-hydrogen) atoms. The van der Waals surface area contributed by atoms with Gasteiger partial charge in [-0.15, -0.1) is 0 Å². The summed E-state index contributed by atoms with van der Waals surface area (Å²) in [7, 11) is 0. The fourth-order valence-electron chi connectivity index (χ4n) is 3.40. The Balaban J connectivity index is 1.58. The molecule has 0 radical (unpaired) electrons. The number of hydrogen-bond acceptors (Lipinski definition) is 6. The highest BCUT2D eigenvalue weighted by Crippen LogP contribution is 2.27. The zero-order valence-electron chi connectivity index (χ0n) is 18.6. The number of fused-ring (bicyclic) bond motifs is 1. The molecular weight excluding hydrogens is 422 g/mol. The van der Waals surface area contributed by atoms with E-state index in [1.54, 1.807) is 4.57 Å². The Bertz CT molecular complexity index is 1250. The molecule has 7 heteroatoms. The topological polar surface area (TPSA) is 70.2 Å². The Morgan fingerprint density at radius 2 is 1.81 bits per heavy atom. The summed E-state index contributed by atoms with van der Waals surface area (Å²) in [5.41, 5.74) is 2.48. The van der Waals surface area contributed by atoms with Crippen LogP contribution in [0.25, 0.3) is 22.4 Å². The number of oxazole rings is 1. The van der Waals surface area contributed by atoms with Crippen LogP contribution in [-0.2, 0) is 17.0 Å². The van der Waals surface area contributed by atoms with Crippen molar-refractivity contribution < 1.29 is 9.15 Å². The molecule has 0 N–H and O–H groups in total. The van der Waals surface area contributed by atoms with Crippen LogP contribution in [0.5, 0.6) is 0 Å². The summed E-state index contributed by atoms with van der Waals surface area (Å²) < 4.78 is 13.3. The summed E-state index contributed by atoms with van der Waals surface area (Å²) in [4.78, 5) is 22.6. The second-order valence-electron chi connectivity index (χ2n) is 7.82. The third-order valence-corrected chi connectivity index (χ3v) is 6.04. The average molecular weight is 450 g/mol. The molecule has 0 aliphatic rings. The predicted octanol–water partition coefficient (Wildman–Crippen LogP) is 5.47. The standard InChI is InChI=1S/C25H27N3O3S/c1-17(2)30-15-9-14-28-24(29)20-12-7-8-13-21(20)27-25(28)32-16-22-18(3)31-23(26-22)19-10-5-4-6-11-19/h4-8,10-13,17H,9,14-16H2,1-3H3. The van der Waals surface area contributed by atoms with Gasteiger partial charge in [0.1, 0.15) is 5.76 Å². The van der Waals surface area contributed by atoms with Crippen LogP contribution < -0.4 is 5.56 Å². The normalized spacial score (nSPS) is 11.5. The lowest BCUT2D eigenvalue weighted by atomic mass is 10.2. The number of ether oxygens (including phenoxy) is 1. The summed E-state index contributed by atoms with van der Waals surface area (Å²) in [6.07, 6.45) is 0.913. The summed E-state index contributed by atoms with van der Waals surface area (Å²) in [6, 6.07) is 17.3. The van der Waals surface area contributed by atoms with Crippen LogP contribution >= 0.6 is 11.8 Å². The van der Waals surface area contributed by atoms with Gasteiger partial charge in [0, 0.05) is 24.5 Å². The van der Waals surface area contributed by atoms with Crippen LogP contribution in [0.15, 0.2) is 69.0 Å². The Morgan fingerprint density at radius 3 is 2.59 bits per heavy atom. The largest absolute Gasteiger partial charge is 0.441 e. The molecule has 0 aliphatic carbocycles. The van der Waals surface area contributed by atoms with E-state index in [2.05, 4.69) is 4.98 Å². The molecule has 166 valence electrons. The fraction of sp³-hybridized carbons (Fsp3) is 0.320. The molecule has 0 unspecified atom stereocenters. The molecule has 0 bridgehead atoms. The van der Waals surface area contributed by atoms with Crippen LogP contribution in [0, 0.1) is 6.92 Å². The number of aryl methyl sites for hydroxylation is 1. The first kappa shape index (κ1) is 22.3. The molecule has 0 atom stereocenters. The Kier molecular flexibility index (Phi) is 7.07. The van der Waals surface area contributed by atoms with Crippen molar-refractivity contribution in [2.45, 2.75) is 50.8 Å². The van der Waals surface area contributed by atoms with Gasteiger partial charge in [0.2, 0.25) is 5.89 Å². The lowest BCUT2D eigenvalue weighted by Crippen LogP contribution is -2.24. The summed E-state index contributed by atoms with van der Waals surface area (Å²) in [5.74, 6) is 1.94. The molecule has 6 nitrogen and oxygen atoms in total. The maximum Gasteiger partial charge on any atom is 0.262 e. The zero-order chi connectivity index (χ0) is 22.5. The first-order chi connectivity index (χ1) is 15.5. The van der Waals surface area contributed by atoms with E-state index in [1.165, 1.54) is 11.8 Å². The minimum absolute atomic E-state index is 0.0236. The van der Waals surface area contributed by atoms with Gasteiger partial charge in [0.05, 0.1) is 22.7 Å². The summed E-state index contributed by atoms with van der Waals surface area (Å²) >= 11 is 1.50. The van der Waals surface area contributed by atoms with Gasteiger partial charge in [-0.05, 0) is 51.5 Å². The van der Waals surface area contributed by atoms with Crippen LogP contribution in [-0.4, -0.2) is 27.2 Å². The summed E-state index contributed by atoms with van der Waals surface area (Å²) in [5, 5.41) is 1.31. The lowest BCUT2D eigenvalue weighted by molar-refractivity contribution is 0.0743. The van der Waals surface area contributed by atoms with Gasteiger partial charge in [0.15, 0.2) is 5.16 Å². The molecule has 0 amide bonds. The smallest absolute Gasteiger partial charge is 0.262 e. The van der Waals surface area contributed by atoms with E-state index in [4.69, 9.17) is 14.1 Å². The van der Waals surface area contributed by atoms with Crippen LogP contribution in [0.2, 0.25) is 0 Å². The monoisotopic (exact) mass is 449 g/mol. The van der Waals surface area contributed by atoms with Gasteiger partial charge >= 0.3 is 0 Å². The SMILES string of the molecule is Cc1oc(-c2ccccc2)nc1CSc1nc2ccccc2c(=O)n1CCCOC(C)C. The Hall–Kier alpha value is -2.90. The number of thioether (sulfide) groups is 1. The minimum Gasteiger partial charge on any atom is -0.441 e. The van der Waals surface area contributed by atoms with Crippen molar-refractivity contribution in [1.29, 1.82) is 0 Å². The maximum absolute atomic E-state index is 13.2. The number of rotatable bonds is 9. The highest BCUT2D eigenvalue weighted by Gasteiger charge is 2.15. The molecule has 4 aromatic rings. The van der Waals surface area contributed by atoms with Crippen molar-refractivity contribution in [2.24, 2.45) is 0 Å². The van der Waals surface area contributed by atoms with Crippen LogP contribution in [0.4, 0.5) is 0 Å². The van der Waals surface area contributed by atoms with Crippen molar-refractivity contribution >= 4 is 22.7 Å². The average Bonchev–Trinajstić information content (AvgIpc) is 3.17. The number of nitrogens with zero attached hydrogens (tertiary/aromatic N) is 3. The maximum atomic E-state index is 13.2. The highest BCUT2D eigenvalue weighted by atomic mass is 32.2. The second-order valence-corrected chi connectivity index (χ2v) is 8.76. The van der Waals surface area contributed by atoms with Gasteiger partial charge in [-0.3, -0.25) is 9.36 Å². The lowest BCUT2D eigenvalue weighted by Gasteiger charge is -2.13. The van der Waals surface area contributed by atoms with E-state index in [0.29, 0.717) is 40.9 Å². The van der Waals surface area contributed by atoms with E-state index < -0.39 is 0 Å². The van der Waals surface area contributed by atoms with E-state index in [1.807, 2.05) is 75.4 Å². The quantitative estimate of drug-likeness (QED) is 0.192. The molecule has 2 heterocycles. The molecule has 0 saturated heterocycles. The first-order valence-corrected chi connectivity index (χ1v) is 11.8. The van der Waals surface area contributed by atoms with E-state index in [9.17, 15) is 4.79 Å². The third kappa shape index (κ3) is 5.11. The highest BCUT2D eigenvalue weighted by molar-refractivity contribution is 7.98. The van der Waals surface area contributed by atoms with Crippen molar-refractivity contribution in [2.75, 3.05) is 6.61 Å². The molecular formula is C25H27N3O3S. The van der Waals surface area contributed by atoms with Crippen LogP contribution in [0.3, 0.4) is 0 Å². The molecule has 0 saturated carbocycles. The molecule has 0 spiro atoms. The number of para-hydroxylation sites is 1. The first-order valence-electron chi connectivity index (χ1n) is 10.8. The van der Waals surface area contributed by atoms with E-state index >= 15 is 0 Å². The van der Waals surface area contributed by atoms with Gasteiger partial charge in [-0.25, -0.2) is 9.97 Å². The Labute approximate surface area is 191 Å². The van der Waals surface area contributed by atoms with Crippen molar-refractivity contribution in [3.63, 3.8) is 0 Å². The van der Waals surface area contributed by atoms with Crippen molar-refractivity contribution in [3.8, 4) is 11.5 Å². The number of benzene rings is 2. The molecule has 2 aromatic carbocycles. The van der Waals surface area contributed by atoms with Gasteiger partial charge in [0.25, 0.3) is 5.56 Å². The number of aromatic nitrogens is 3. The molecule has 0 aliphatic heterocycles. The van der Waals surface area contributed by atoms with E-state index in [-0.39, 0.29) is 11.7 Å². The Morgan fingerprint density at radius 1 is 1.06 bits per heavy atom. The van der Waals surface area contributed by atoms with E-state index in [0.717, 1.165) is 23.4 Å². The predicted molar refractivity (Wildman–Crippen MR) is 128 cm³/mol. The second kappa shape index (κ2) is 10.1. The fourth-order valence-corrected chi connectivity index (χ4v) is 4.42.